The predicted octanol–water partition coefficient (Wildman–Crippen LogP) is 15.4. The summed E-state index contributed by atoms with van der Waals surface area (Å²) in [5, 5.41) is 0. The van der Waals surface area contributed by atoms with Gasteiger partial charge in [-0.05, 0) is 123 Å². The van der Waals surface area contributed by atoms with Crippen molar-refractivity contribution in [2.45, 2.75) is 57.8 Å². The van der Waals surface area contributed by atoms with Gasteiger partial charge in [-0.25, -0.2) is 15.0 Å². The van der Waals surface area contributed by atoms with Crippen LogP contribution in [0.2, 0.25) is 0 Å². The summed E-state index contributed by atoms with van der Waals surface area (Å²) >= 11 is 0. The fourth-order valence-corrected chi connectivity index (χ4v) is 11.0. The van der Waals surface area contributed by atoms with Crippen LogP contribution in [0.3, 0.4) is 0 Å². The van der Waals surface area contributed by atoms with Crippen LogP contribution in [0.15, 0.2) is 188 Å². The Morgan fingerprint density at radius 2 is 0.600 bits per heavy atom. The number of anilines is 6. The van der Waals surface area contributed by atoms with Crippen molar-refractivity contribution in [1.82, 2.24) is 15.0 Å². The summed E-state index contributed by atoms with van der Waals surface area (Å²) in [5.41, 5.74) is 19.7. The lowest BCUT2D eigenvalue weighted by Crippen LogP contribution is -2.30. The fourth-order valence-electron chi connectivity index (χ4n) is 11.0. The molecule has 0 atom stereocenters. The van der Waals surface area contributed by atoms with E-state index in [0.29, 0.717) is 17.5 Å². The number of nitrogens with zero attached hydrogens (tertiary/aromatic N) is 5. The first-order valence-corrected chi connectivity index (χ1v) is 22.7. The topological polar surface area (TPSA) is 45.2 Å². The van der Waals surface area contributed by atoms with E-state index in [2.05, 4.69) is 239 Å². The molecule has 12 rings (SSSR count). The average molecular weight is 840 g/mol. The monoisotopic (exact) mass is 839 g/mol. The predicted molar refractivity (Wildman–Crippen MR) is 267 cm³/mol. The molecule has 0 N–H and O–H groups in total. The standard InChI is InChI=1S/C60H49N5/c1-58(2)45-18-8-7-17-43(45)44-36-31-40(37-50(44)58)57-62-55(38-27-32-41(33-28-38)64-51-23-13-9-19-46(51)59(3,4)47-20-10-14-24-52(47)64)61-56(63-57)39-29-34-42(35-30-39)65-53-25-15-11-21-48(53)60(5,6)49-22-12-16-26-54(49)65/h7-37H,1-6H3. The molecule has 0 spiro atoms. The van der Waals surface area contributed by atoms with Crippen molar-refractivity contribution in [2.75, 3.05) is 9.80 Å². The third kappa shape index (κ3) is 5.88. The van der Waals surface area contributed by atoms with Crippen LogP contribution in [-0.2, 0) is 16.2 Å². The van der Waals surface area contributed by atoms with Gasteiger partial charge in [-0.3, -0.25) is 0 Å². The Morgan fingerprint density at radius 1 is 0.292 bits per heavy atom. The first-order chi connectivity index (χ1) is 31.5. The molecule has 8 aromatic carbocycles. The summed E-state index contributed by atoms with van der Waals surface area (Å²) < 4.78 is 0. The number of hydrogen-bond donors (Lipinski definition) is 0. The van der Waals surface area contributed by atoms with Crippen LogP contribution in [-0.4, -0.2) is 15.0 Å². The van der Waals surface area contributed by atoms with Crippen LogP contribution in [0.25, 0.3) is 45.3 Å². The van der Waals surface area contributed by atoms with E-state index in [4.69, 9.17) is 15.0 Å². The molecule has 0 amide bonds. The van der Waals surface area contributed by atoms with Crippen molar-refractivity contribution < 1.29 is 0 Å². The summed E-state index contributed by atoms with van der Waals surface area (Å²) in [6.07, 6.45) is 0. The van der Waals surface area contributed by atoms with Gasteiger partial charge in [-0.2, -0.15) is 0 Å². The molecule has 0 saturated carbocycles. The van der Waals surface area contributed by atoms with E-state index in [-0.39, 0.29) is 16.2 Å². The highest BCUT2D eigenvalue weighted by atomic mass is 15.2. The molecule has 314 valence electrons. The van der Waals surface area contributed by atoms with Crippen LogP contribution in [0.1, 0.15) is 74.9 Å². The van der Waals surface area contributed by atoms with E-state index in [9.17, 15) is 0 Å². The van der Waals surface area contributed by atoms with Gasteiger partial charge in [0.05, 0.1) is 22.7 Å². The van der Waals surface area contributed by atoms with Gasteiger partial charge in [0, 0.05) is 44.3 Å². The second-order valence-corrected chi connectivity index (χ2v) is 19.3. The van der Waals surface area contributed by atoms with Gasteiger partial charge in [-0.1, -0.05) is 151 Å². The minimum absolute atomic E-state index is 0.130. The van der Waals surface area contributed by atoms with Crippen LogP contribution < -0.4 is 9.80 Å². The van der Waals surface area contributed by atoms with Crippen molar-refractivity contribution >= 4 is 34.1 Å². The first-order valence-electron chi connectivity index (χ1n) is 22.7. The zero-order valence-corrected chi connectivity index (χ0v) is 37.6. The maximum atomic E-state index is 5.27. The molecule has 0 fully saturated rings. The normalized spacial score (nSPS) is 15.5. The van der Waals surface area contributed by atoms with Crippen LogP contribution in [0.5, 0.6) is 0 Å². The van der Waals surface area contributed by atoms with E-state index in [1.807, 2.05) is 0 Å². The highest BCUT2D eigenvalue weighted by Crippen LogP contribution is 2.54. The molecule has 3 aliphatic rings. The van der Waals surface area contributed by atoms with E-state index in [1.165, 1.54) is 67.3 Å². The molecule has 65 heavy (non-hydrogen) atoms. The Morgan fingerprint density at radius 3 is 1.02 bits per heavy atom. The second-order valence-electron chi connectivity index (χ2n) is 19.3. The lowest BCUT2D eigenvalue weighted by atomic mass is 9.73. The van der Waals surface area contributed by atoms with E-state index >= 15 is 0 Å². The highest BCUT2D eigenvalue weighted by Gasteiger charge is 2.39. The molecule has 1 aliphatic carbocycles. The molecule has 5 heteroatoms. The smallest absolute Gasteiger partial charge is 0.164 e. The maximum Gasteiger partial charge on any atom is 0.164 e. The minimum atomic E-state index is -0.159. The molecule has 5 nitrogen and oxygen atoms in total. The quantitative estimate of drug-likeness (QED) is 0.173. The first kappa shape index (κ1) is 39.0. The van der Waals surface area contributed by atoms with E-state index < -0.39 is 0 Å². The van der Waals surface area contributed by atoms with Gasteiger partial charge in [0.25, 0.3) is 0 Å². The molecule has 0 unspecified atom stereocenters. The number of para-hydroxylation sites is 4. The molecule has 0 radical (unpaired) electrons. The minimum Gasteiger partial charge on any atom is -0.310 e. The molecule has 1 aromatic heterocycles. The van der Waals surface area contributed by atoms with Gasteiger partial charge >= 0.3 is 0 Å². The Balaban J connectivity index is 0.972. The highest BCUT2D eigenvalue weighted by molar-refractivity contribution is 5.88. The molecule has 0 saturated heterocycles. The third-order valence-electron chi connectivity index (χ3n) is 14.5. The van der Waals surface area contributed by atoms with Crippen molar-refractivity contribution in [3.63, 3.8) is 0 Å². The number of hydrogen-bond acceptors (Lipinski definition) is 5. The van der Waals surface area contributed by atoms with E-state index in [1.54, 1.807) is 0 Å². The lowest BCUT2D eigenvalue weighted by Gasteiger charge is -2.42. The third-order valence-corrected chi connectivity index (χ3v) is 14.5. The van der Waals surface area contributed by atoms with Crippen LogP contribution in [0, 0.1) is 0 Å². The Labute approximate surface area is 381 Å². The summed E-state index contributed by atoms with van der Waals surface area (Å²) in [5.74, 6) is 1.91. The molecule has 2 aliphatic heterocycles. The zero-order chi connectivity index (χ0) is 44.2. The summed E-state index contributed by atoms with van der Waals surface area (Å²) in [4.78, 5) is 20.6. The van der Waals surface area contributed by atoms with Crippen molar-refractivity contribution in [2.24, 2.45) is 0 Å². The van der Waals surface area contributed by atoms with Gasteiger partial charge in [0.2, 0.25) is 0 Å². The molecule has 9 aromatic rings. The average Bonchev–Trinajstić information content (AvgIpc) is 3.57. The Kier molecular flexibility index (Phi) is 8.51. The molecule has 3 heterocycles. The van der Waals surface area contributed by atoms with Crippen LogP contribution in [0.4, 0.5) is 34.1 Å². The van der Waals surface area contributed by atoms with Gasteiger partial charge in [-0.15, -0.1) is 0 Å². The summed E-state index contributed by atoms with van der Waals surface area (Å²) in [6.45, 7) is 13.9. The number of aromatic nitrogens is 3. The number of benzene rings is 8. The van der Waals surface area contributed by atoms with Crippen molar-refractivity contribution in [3.8, 4) is 45.3 Å². The van der Waals surface area contributed by atoms with Crippen molar-refractivity contribution in [1.29, 1.82) is 0 Å². The zero-order valence-electron chi connectivity index (χ0n) is 37.6. The van der Waals surface area contributed by atoms with E-state index in [0.717, 1.165) is 28.1 Å². The van der Waals surface area contributed by atoms with Gasteiger partial charge in [0.15, 0.2) is 17.5 Å². The Bertz CT molecular complexity index is 3090. The van der Waals surface area contributed by atoms with Gasteiger partial charge in [0.1, 0.15) is 0 Å². The SMILES string of the molecule is CC1(C)c2ccccc2-c2ccc(-c3nc(-c4ccc(N5c6ccccc6C(C)(C)c6ccccc65)cc4)nc(-c4ccc(N5c6ccccc6C(C)(C)c6ccccc65)cc4)n3)cc21. The van der Waals surface area contributed by atoms with Gasteiger partial charge < -0.3 is 9.80 Å². The number of fused-ring (bicyclic) bond motifs is 7. The summed E-state index contributed by atoms with van der Waals surface area (Å²) in [7, 11) is 0. The summed E-state index contributed by atoms with van der Waals surface area (Å²) in [6, 6.07) is 68.0. The molecule has 0 bridgehead atoms. The maximum absolute atomic E-state index is 5.27. The largest absolute Gasteiger partial charge is 0.310 e. The lowest BCUT2D eigenvalue weighted by molar-refractivity contribution is 0.632. The molecular formula is C60H49N5. The Hall–Kier alpha value is -7.63. The van der Waals surface area contributed by atoms with Crippen LogP contribution >= 0.6 is 0 Å². The fraction of sp³-hybridized carbons (Fsp3) is 0.150. The number of rotatable bonds is 5. The van der Waals surface area contributed by atoms with Crippen molar-refractivity contribution in [3.05, 3.63) is 221 Å². The molecular weight excluding hydrogens is 791 g/mol. The second kappa shape index (κ2) is 14.2.